The van der Waals surface area contributed by atoms with Gasteiger partial charge in [-0.1, -0.05) is 0 Å². The average Bonchev–Trinajstić information content (AvgIpc) is 3.13. The fourth-order valence-electron chi connectivity index (χ4n) is 6.44. The number of hydrogen-bond acceptors (Lipinski definition) is 20. The zero-order chi connectivity index (χ0) is 40.0. The Labute approximate surface area is 310 Å². The minimum absolute atomic E-state index is 0.126. The smallest absolute Gasteiger partial charge is 0.303 e. The predicted octanol–water partition coefficient (Wildman–Crippen LogP) is -2.32. The fraction of sp³-hybridized carbons (Fsp3) is 0.543. The van der Waals surface area contributed by atoms with Gasteiger partial charge in [0.1, 0.15) is 83.2 Å². The number of phenols is 2. The molecule has 55 heavy (non-hydrogen) atoms. The lowest BCUT2D eigenvalue weighted by atomic mass is 9.98. The van der Waals surface area contributed by atoms with Crippen molar-refractivity contribution in [1.29, 1.82) is 0 Å². The molecule has 302 valence electrons. The SMILES string of the molecule is CC(=O)O[C@@H]1[C@@H](O)[C@@H](O)[C@H](Oc2cc(O)c3c(=O)c(O[C@@H]4O[C@H](CO[C@@H]5O[C@@H](C)[C@H](O)[C@@H](O)[C@H]5O)[C@@H](O)[C@H](O)[C@H]4O)c(-c4ccc(O)cc4)oc3c2)O[C@H]1C. The lowest BCUT2D eigenvalue weighted by molar-refractivity contribution is -0.318. The Kier molecular flexibility index (Phi) is 11.9. The first-order valence-corrected chi connectivity index (χ1v) is 17.1. The van der Waals surface area contributed by atoms with Gasteiger partial charge in [0.15, 0.2) is 18.2 Å². The van der Waals surface area contributed by atoms with Crippen LogP contribution < -0.4 is 14.9 Å². The van der Waals surface area contributed by atoms with Crippen molar-refractivity contribution in [3.8, 4) is 34.3 Å². The summed E-state index contributed by atoms with van der Waals surface area (Å²) in [6.07, 6.45) is -23.4. The quantitative estimate of drug-likeness (QED) is 0.102. The Bertz CT molecular complexity index is 1880. The Morgan fingerprint density at radius 3 is 1.98 bits per heavy atom. The summed E-state index contributed by atoms with van der Waals surface area (Å²) in [6, 6.07) is 7.35. The van der Waals surface area contributed by atoms with Gasteiger partial charge in [-0.25, -0.2) is 0 Å². The van der Waals surface area contributed by atoms with Crippen molar-refractivity contribution in [3.63, 3.8) is 0 Å². The molecule has 20 nitrogen and oxygen atoms in total. The van der Waals surface area contributed by atoms with Gasteiger partial charge in [-0.2, -0.15) is 0 Å². The third kappa shape index (κ3) is 8.08. The van der Waals surface area contributed by atoms with Gasteiger partial charge >= 0.3 is 5.97 Å². The molecule has 0 unspecified atom stereocenters. The number of aliphatic hydroxyl groups is 8. The second kappa shape index (κ2) is 16.1. The molecule has 0 saturated carbocycles. The molecule has 0 spiro atoms. The van der Waals surface area contributed by atoms with E-state index in [0.29, 0.717) is 0 Å². The standard InChI is InChI=1S/C35H42O20/c1-11-21(39)24(42)27(45)33(49-11)48-10-19-22(40)25(43)28(46)35(54-19)55-32-23(41)20-17(38)8-16(9-18(20)53-31(32)14-4-6-15(37)7-5-14)52-34-29(47)26(44)30(12(2)50-34)51-13(3)36/h4-9,11-12,19,21-22,24-30,33-35,37-40,42-47H,10H2,1-3H3/t11-,12-,19+,21-,22+,24+,25-,26-,27+,28+,29+,30-,33+,34-,35-/m0/s1. The van der Waals surface area contributed by atoms with Crippen molar-refractivity contribution in [1.82, 2.24) is 0 Å². The van der Waals surface area contributed by atoms with Crippen molar-refractivity contribution in [2.24, 2.45) is 0 Å². The summed E-state index contributed by atoms with van der Waals surface area (Å²) in [6.45, 7) is 3.39. The summed E-state index contributed by atoms with van der Waals surface area (Å²) in [7, 11) is 0. The molecule has 3 aliphatic heterocycles. The molecule has 3 aliphatic rings. The largest absolute Gasteiger partial charge is 0.508 e. The van der Waals surface area contributed by atoms with E-state index in [9.17, 15) is 60.7 Å². The van der Waals surface area contributed by atoms with Crippen LogP contribution in [0.1, 0.15) is 20.8 Å². The van der Waals surface area contributed by atoms with Crippen LogP contribution in [0.4, 0.5) is 0 Å². The van der Waals surface area contributed by atoms with E-state index >= 15 is 0 Å². The van der Waals surface area contributed by atoms with Gasteiger partial charge in [0.05, 0.1) is 18.8 Å². The van der Waals surface area contributed by atoms with Gasteiger partial charge in [-0.05, 0) is 38.1 Å². The zero-order valence-corrected chi connectivity index (χ0v) is 29.4. The highest BCUT2D eigenvalue weighted by Gasteiger charge is 2.49. The molecule has 15 atom stereocenters. The summed E-state index contributed by atoms with van der Waals surface area (Å²) in [5, 5.41) is 104. The van der Waals surface area contributed by atoms with Crippen LogP contribution in [0.25, 0.3) is 22.3 Å². The van der Waals surface area contributed by atoms with Crippen LogP contribution in [0, 0.1) is 0 Å². The number of phenolic OH excluding ortho intramolecular Hbond substituents is 2. The number of benzene rings is 2. The van der Waals surface area contributed by atoms with Gasteiger partial charge < -0.3 is 88.6 Å². The molecule has 1 aromatic heterocycles. The molecule has 0 aliphatic carbocycles. The Balaban J connectivity index is 1.30. The topological polar surface area (TPSA) is 314 Å². The molecular weight excluding hydrogens is 740 g/mol. The van der Waals surface area contributed by atoms with E-state index in [1.807, 2.05) is 0 Å². The molecule has 2 aromatic carbocycles. The Hall–Kier alpha value is -4.16. The molecule has 6 rings (SSSR count). The molecule has 20 heteroatoms. The Morgan fingerprint density at radius 1 is 0.709 bits per heavy atom. The average molecular weight is 783 g/mol. The van der Waals surface area contributed by atoms with Gasteiger partial charge in [0.25, 0.3) is 0 Å². The normalized spacial score (nSPS) is 36.7. The molecule has 0 bridgehead atoms. The number of aliphatic hydroxyl groups excluding tert-OH is 8. The third-order valence-electron chi connectivity index (χ3n) is 9.50. The van der Waals surface area contributed by atoms with Crippen LogP contribution in [-0.4, -0.2) is 156 Å². The summed E-state index contributed by atoms with van der Waals surface area (Å²) < 4.78 is 44.9. The molecule has 3 saturated heterocycles. The van der Waals surface area contributed by atoms with E-state index in [1.165, 1.54) is 38.1 Å². The fourth-order valence-corrected chi connectivity index (χ4v) is 6.44. The number of esters is 1. The first-order chi connectivity index (χ1) is 26.0. The highest BCUT2D eigenvalue weighted by atomic mass is 16.7. The molecule has 3 fully saturated rings. The van der Waals surface area contributed by atoms with E-state index in [-0.39, 0.29) is 28.4 Å². The third-order valence-corrected chi connectivity index (χ3v) is 9.50. The highest BCUT2D eigenvalue weighted by molar-refractivity contribution is 5.88. The molecule has 0 radical (unpaired) electrons. The summed E-state index contributed by atoms with van der Waals surface area (Å²) in [4.78, 5) is 25.6. The summed E-state index contributed by atoms with van der Waals surface area (Å²) in [5.41, 5.74) is -1.20. The van der Waals surface area contributed by atoms with Crippen molar-refractivity contribution in [3.05, 3.63) is 46.6 Å². The van der Waals surface area contributed by atoms with Gasteiger partial charge in [0.2, 0.25) is 23.8 Å². The second-order valence-corrected chi connectivity index (χ2v) is 13.5. The van der Waals surface area contributed by atoms with Gasteiger partial charge in [0, 0.05) is 24.6 Å². The van der Waals surface area contributed by atoms with Crippen molar-refractivity contribution < 1.29 is 93.4 Å². The molecule has 10 N–H and O–H groups in total. The molecule has 0 amide bonds. The van der Waals surface area contributed by atoms with Crippen molar-refractivity contribution >= 4 is 16.9 Å². The molecule has 4 heterocycles. The minimum atomic E-state index is -1.99. The van der Waals surface area contributed by atoms with Crippen LogP contribution in [-0.2, 0) is 28.5 Å². The van der Waals surface area contributed by atoms with Crippen LogP contribution in [0.2, 0.25) is 0 Å². The maximum absolute atomic E-state index is 14.1. The number of hydrogen-bond donors (Lipinski definition) is 10. The number of carbonyl (C=O) groups excluding carboxylic acids is 1. The summed E-state index contributed by atoms with van der Waals surface area (Å²) >= 11 is 0. The number of carbonyl (C=O) groups is 1. The van der Waals surface area contributed by atoms with Gasteiger partial charge in [-0.3, -0.25) is 9.59 Å². The van der Waals surface area contributed by atoms with Gasteiger partial charge in [-0.15, -0.1) is 0 Å². The first kappa shape index (κ1) is 40.5. The van der Waals surface area contributed by atoms with E-state index < -0.39 is 127 Å². The lowest BCUT2D eigenvalue weighted by Crippen LogP contribution is -2.61. The van der Waals surface area contributed by atoms with Crippen LogP contribution in [0.3, 0.4) is 0 Å². The summed E-state index contributed by atoms with van der Waals surface area (Å²) in [5.74, 6) is -2.80. The molecule has 3 aromatic rings. The van der Waals surface area contributed by atoms with E-state index in [2.05, 4.69) is 0 Å². The monoisotopic (exact) mass is 782 g/mol. The van der Waals surface area contributed by atoms with E-state index in [4.69, 9.17) is 37.6 Å². The van der Waals surface area contributed by atoms with Crippen LogP contribution in [0.15, 0.2) is 45.6 Å². The van der Waals surface area contributed by atoms with Crippen molar-refractivity contribution in [2.45, 2.75) is 113 Å². The molecular formula is C35H42O20. The first-order valence-electron chi connectivity index (χ1n) is 17.1. The van der Waals surface area contributed by atoms with E-state index in [0.717, 1.165) is 19.1 Å². The lowest BCUT2D eigenvalue weighted by Gasteiger charge is -2.42. The maximum Gasteiger partial charge on any atom is 0.303 e. The zero-order valence-electron chi connectivity index (χ0n) is 29.4. The predicted molar refractivity (Wildman–Crippen MR) is 179 cm³/mol. The van der Waals surface area contributed by atoms with Crippen molar-refractivity contribution in [2.75, 3.05) is 6.61 Å². The maximum atomic E-state index is 14.1. The van der Waals surface area contributed by atoms with Crippen LogP contribution >= 0.6 is 0 Å². The number of ether oxygens (including phenoxy) is 7. The highest BCUT2D eigenvalue weighted by Crippen LogP contribution is 2.39. The number of fused-ring (bicyclic) bond motifs is 1. The minimum Gasteiger partial charge on any atom is -0.508 e. The van der Waals surface area contributed by atoms with E-state index in [1.54, 1.807) is 0 Å². The van der Waals surface area contributed by atoms with Crippen LogP contribution in [0.5, 0.6) is 23.0 Å². The Morgan fingerprint density at radius 2 is 1.31 bits per heavy atom. The number of aromatic hydroxyl groups is 2. The number of rotatable bonds is 9. The second-order valence-electron chi connectivity index (χ2n) is 13.5.